The lowest BCUT2D eigenvalue weighted by molar-refractivity contribution is -0.133. The Morgan fingerprint density at radius 1 is 1.24 bits per heavy atom. The van der Waals surface area contributed by atoms with Gasteiger partial charge in [0, 0.05) is 42.6 Å². The van der Waals surface area contributed by atoms with Gasteiger partial charge in [-0.1, -0.05) is 17.7 Å². The number of rotatable bonds is 7. The molecule has 34 heavy (non-hydrogen) atoms. The lowest BCUT2D eigenvalue weighted by atomic mass is 10.1. The number of hydrogen-bond acceptors (Lipinski definition) is 8. The second-order valence-corrected chi connectivity index (χ2v) is 8.24. The number of carbonyl (C=O) groups is 1. The van der Waals surface area contributed by atoms with E-state index in [-0.39, 0.29) is 27.0 Å². The number of benzene rings is 2. The predicted octanol–water partition coefficient (Wildman–Crippen LogP) is 3.58. The summed E-state index contributed by atoms with van der Waals surface area (Å²) in [6.45, 7) is 0.348. The molecule has 1 amide bonds. The van der Waals surface area contributed by atoms with E-state index in [1.165, 1.54) is 20.5 Å². The highest BCUT2D eigenvalue weighted by Crippen LogP contribution is 2.39. The van der Waals surface area contributed by atoms with E-state index in [1.54, 1.807) is 29.2 Å². The number of nitrogens with one attached hydrogen (secondary N) is 1. The first kappa shape index (κ1) is 20.1. The van der Waals surface area contributed by atoms with Crippen LogP contribution in [0, 0.1) is 0 Å². The third kappa shape index (κ3) is 4.67. The molecule has 180 valence electrons. The topological polar surface area (TPSA) is 89.0 Å². The zero-order chi connectivity index (χ0) is 26.5. The van der Waals surface area contributed by atoms with Crippen molar-refractivity contribution in [3.05, 3.63) is 41.7 Å². The molecule has 3 aromatic rings. The van der Waals surface area contributed by atoms with Crippen molar-refractivity contribution >= 4 is 39.9 Å². The number of methoxy groups -OCH3 is 2. The monoisotopic (exact) mass is 488 g/mol. The molecule has 10 heteroatoms. The van der Waals surface area contributed by atoms with Gasteiger partial charge in [0.25, 0.3) is 0 Å². The first-order chi connectivity index (χ1) is 17.9. The molecule has 0 aliphatic carbocycles. The van der Waals surface area contributed by atoms with E-state index >= 15 is 0 Å². The molecule has 4 rings (SSSR count). The van der Waals surface area contributed by atoms with Gasteiger partial charge >= 0.3 is 0 Å². The molecule has 0 spiro atoms. The van der Waals surface area contributed by atoms with Crippen LogP contribution in [-0.4, -0.2) is 79.7 Å². The molecule has 0 saturated carbocycles. The van der Waals surface area contributed by atoms with Crippen LogP contribution >= 0.6 is 11.6 Å². The lowest BCUT2D eigenvalue weighted by Gasteiger charge is -2.21. The molecule has 2 atom stereocenters. The maximum Gasteiger partial charge on any atom is 0.239 e. The molecule has 1 aromatic heterocycles. The smallest absolute Gasteiger partial charge is 0.239 e. The minimum Gasteiger partial charge on any atom is -0.493 e. The molecule has 1 fully saturated rings. The number of likely N-dealkylation sites (N-methyl/N-ethyl adjacent to an activating group) is 2. The number of ether oxygens (including phenoxy) is 3. The number of aromatic nitrogens is 2. The summed E-state index contributed by atoms with van der Waals surface area (Å²) in [4.78, 5) is 24.4. The maximum absolute atomic E-state index is 12.8. The van der Waals surface area contributed by atoms with Crippen molar-refractivity contribution < 1.29 is 23.1 Å². The number of halogens is 1. The Morgan fingerprint density at radius 2 is 2.09 bits per heavy atom. The second-order valence-electron chi connectivity index (χ2n) is 7.83. The van der Waals surface area contributed by atoms with Gasteiger partial charge in [-0.25, -0.2) is 9.97 Å². The van der Waals surface area contributed by atoms with Gasteiger partial charge in [-0.3, -0.25) is 9.69 Å². The van der Waals surface area contributed by atoms with Crippen LogP contribution in [0.5, 0.6) is 17.2 Å². The second kappa shape index (κ2) is 9.90. The molecule has 9 nitrogen and oxygen atoms in total. The minimum atomic E-state index is -0.625. The van der Waals surface area contributed by atoms with Crippen molar-refractivity contribution in [2.24, 2.45) is 0 Å². The van der Waals surface area contributed by atoms with Gasteiger partial charge in [-0.15, -0.1) is 0 Å². The van der Waals surface area contributed by atoms with E-state index in [9.17, 15) is 4.79 Å². The average molecular weight is 489 g/mol. The Morgan fingerprint density at radius 3 is 2.82 bits per heavy atom. The van der Waals surface area contributed by atoms with Crippen LogP contribution in [0.3, 0.4) is 0 Å². The van der Waals surface area contributed by atoms with Crippen molar-refractivity contribution in [2.75, 3.05) is 47.2 Å². The number of para-hydroxylation sites is 1. The van der Waals surface area contributed by atoms with E-state index in [0.29, 0.717) is 57.6 Å². The fourth-order valence-corrected chi connectivity index (χ4v) is 4.20. The number of carbonyl (C=O) groups excluding carboxylic acids is 1. The highest BCUT2D eigenvalue weighted by molar-refractivity contribution is 6.32. The molecule has 1 saturated heterocycles. The van der Waals surface area contributed by atoms with Crippen molar-refractivity contribution in [2.45, 2.75) is 18.6 Å². The van der Waals surface area contributed by atoms with E-state index in [4.69, 9.17) is 29.9 Å². The van der Waals surface area contributed by atoms with Crippen LogP contribution < -0.4 is 19.5 Å². The number of anilines is 2. The molecule has 0 unspecified atom stereocenters. The molecule has 2 aromatic carbocycles. The van der Waals surface area contributed by atoms with Gasteiger partial charge in [0.1, 0.15) is 18.2 Å². The molecule has 1 N–H and O–H groups in total. The fourth-order valence-electron chi connectivity index (χ4n) is 3.95. The minimum absolute atomic E-state index is 0.0989. The molecule has 0 radical (unpaired) electrons. The molecule has 1 aliphatic rings. The Hall–Kier alpha value is -3.30. The van der Waals surface area contributed by atoms with Crippen LogP contribution in [0.15, 0.2) is 36.7 Å². The summed E-state index contributed by atoms with van der Waals surface area (Å²) in [6, 6.07) is 8.24. The summed E-state index contributed by atoms with van der Waals surface area (Å²) in [6.07, 6.45) is 1.36. The van der Waals surface area contributed by atoms with Crippen molar-refractivity contribution in [1.82, 2.24) is 19.8 Å². The molecule has 1 aliphatic heterocycles. The zero-order valence-electron chi connectivity index (χ0n) is 22.0. The standard InChI is InChI=1S/C24H28ClN5O4/c1-29(2)24(31)19-9-14(12-30(19)3)34-21-10-15-18(11-20(21)32-4)26-13-27-23(15)28-17-8-6-7-16(25)22(17)33-5/h6-8,10-11,13-14,19H,9,12H2,1-5H3,(H,26,27,28)/t14-,19-/m0/s1/i1D,2D,3D. The first-order valence-corrected chi connectivity index (χ1v) is 10.8. The third-order valence-corrected chi connectivity index (χ3v) is 5.90. The Labute approximate surface area is 207 Å². The van der Waals surface area contributed by atoms with Crippen molar-refractivity contribution in [3.8, 4) is 17.2 Å². The highest BCUT2D eigenvalue weighted by Gasteiger charge is 2.37. The van der Waals surface area contributed by atoms with E-state index in [2.05, 4.69) is 15.3 Å². The largest absolute Gasteiger partial charge is 0.493 e. The number of likely N-dealkylation sites (tertiary alicyclic amines) is 1. The molecule has 0 bridgehead atoms. The Bertz CT molecular complexity index is 1270. The van der Waals surface area contributed by atoms with Crippen LogP contribution in [0.25, 0.3) is 10.9 Å². The van der Waals surface area contributed by atoms with Gasteiger partial charge in [0.05, 0.1) is 36.5 Å². The fraction of sp³-hybridized carbons (Fsp3) is 0.375. The number of hydrogen-bond donors (Lipinski definition) is 1. The predicted molar refractivity (Wildman–Crippen MR) is 132 cm³/mol. The van der Waals surface area contributed by atoms with Gasteiger partial charge in [0.15, 0.2) is 17.2 Å². The molecular weight excluding hydrogens is 458 g/mol. The Balaban J connectivity index is 1.64. The first-order valence-electron chi connectivity index (χ1n) is 12.6. The van der Waals surface area contributed by atoms with Crippen LogP contribution in [0.1, 0.15) is 10.5 Å². The van der Waals surface area contributed by atoms with Gasteiger partial charge in [-0.05, 0) is 25.2 Å². The summed E-state index contributed by atoms with van der Waals surface area (Å²) in [5.41, 5.74) is 1.25. The zero-order valence-corrected chi connectivity index (χ0v) is 19.7. The van der Waals surface area contributed by atoms with Crippen LogP contribution in [0.2, 0.25) is 5.02 Å². The van der Waals surface area contributed by atoms with E-state index in [0.717, 1.165) is 4.90 Å². The van der Waals surface area contributed by atoms with E-state index < -0.39 is 12.1 Å². The quantitative estimate of drug-likeness (QED) is 0.539. The summed E-state index contributed by atoms with van der Waals surface area (Å²) in [5, 5.41) is 4.37. The summed E-state index contributed by atoms with van der Waals surface area (Å²) < 4.78 is 40.2. The highest BCUT2D eigenvalue weighted by atomic mass is 35.5. The third-order valence-electron chi connectivity index (χ3n) is 5.60. The summed E-state index contributed by atoms with van der Waals surface area (Å²) in [7, 11) is 2.36. The molecule has 2 heterocycles. The van der Waals surface area contributed by atoms with Crippen LogP contribution in [0.4, 0.5) is 11.5 Å². The normalized spacial score (nSPS) is 19.2. The van der Waals surface area contributed by atoms with Crippen molar-refractivity contribution in [3.63, 3.8) is 0 Å². The number of fused-ring (bicyclic) bond motifs is 1. The maximum atomic E-state index is 12.8. The van der Waals surface area contributed by atoms with Crippen LogP contribution in [-0.2, 0) is 4.79 Å². The Kier molecular flexibility index (Phi) is 5.86. The SMILES string of the molecule is [2H]CN(C[2H])C(=O)[C@@H]1C[C@H](Oc2cc3c(Nc4cccc(Cl)c4OC)ncnc3cc2OC)CN1C[2H]. The van der Waals surface area contributed by atoms with E-state index in [1.807, 2.05) is 6.07 Å². The van der Waals surface area contributed by atoms with Gasteiger partial charge < -0.3 is 24.4 Å². The van der Waals surface area contributed by atoms with Crippen molar-refractivity contribution in [1.29, 1.82) is 0 Å². The molecular formula is C24H28ClN5O4. The summed E-state index contributed by atoms with van der Waals surface area (Å²) in [5.74, 6) is 1.54. The number of nitrogens with zero attached hydrogens (tertiary/aromatic N) is 4. The van der Waals surface area contributed by atoms with Gasteiger partial charge in [0.2, 0.25) is 5.91 Å². The van der Waals surface area contributed by atoms with Gasteiger partial charge in [-0.2, -0.15) is 0 Å². The average Bonchev–Trinajstić information content (AvgIpc) is 3.32. The summed E-state index contributed by atoms with van der Waals surface area (Å²) >= 11 is 6.27. The number of amides is 1. The lowest BCUT2D eigenvalue weighted by Crippen LogP contribution is -2.40.